The third-order valence-electron chi connectivity index (χ3n) is 1.87. The van der Waals surface area contributed by atoms with Crippen LogP contribution in [-0.4, -0.2) is 31.6 Å². The Hall–Kier alpha value is -1.41. The van der Waals surface area contributed by atoms with Gasteiger partial charge in [-0.1, -0.05) is 6.92 Å². The molecule has 0 saturated heterocycles. The van der Waals surface area contributed by atoms with Gasteiger partial charge < -0.3 is 5.32 Å². The summed E-state index contributed by atoms with van der Waals surface area (Å²) in [5.41, 5.74) is 0.132. The molecule has 0 aliphatic heterocycles. The Balaban J connectivity index is 3.43. The summed E-state index contributed by atoms with van der Waals surface area (Å²) < 4.78 is 22.5. The molecule has 1 aromatic heterocycles. The van der Waals surface area contributed by atoms with E-state index in [0.29, 0.717) is 12.1 Å². The van der Waals surface area contributed by atoms with Crippen molar-refractivity contribution >= 4 is 15.9 Å². The second-order valence-corrected chi connectivity index (χ2v) is 4.36. The number of aromatic amines is 1. The van der Waals surface area contributed by atoms with E-state index in [-0.39, 0.29) is 10.6 Å². The second kappa shape index (κ2) is 3.99. The Morgan fingerprint density at radius 3 is 2.60 bits per heavy atom. The molecule has 4 N–H and O–H groups in total. The van der Waals surface area contributed by atoms with E-state index < -0.39 is 15.9 Å². The van der Waals surface area contributed by atoms with Gasteiger partial charge in [-0.25, -0.2) is 13.6 Å². The maximum atomic E-state index is 11.3. The number of H-pyrrole nitrogens is 1. The number of hydrogen-bond acceptors (Lipinski definition) is 4. The zero-order valence-corrected chi connectivity index (χ0v) is 9.18. The number of amides is 1. The van der Waals surface area contributed by atoms with Crippen molar-refractivity contribution in [2.75, 3.05) is 7.05 Å². The van der Waals surface area contributed by atoms with Crippen LogP contribution in [0.15, 0.2) is 4.90 Å². The van der Waals surface area contributed by atoms with Crippen molar-refractivity contribution in [3.8, 4) is 0 Å². The fourth-order valence-corrected chi connectivity index (χ4v) is 2.13. The number of primary sulfonamides is 1. The van der Waals surface area contributed by atoms with Crippen molar-refractivity contribution in [2.45, 2.75) is 18.2 Å². The number of hydrogen-bond donors (Lipinski definition) is 3. The summed E-state index contributed by atoms with van der Waals surface area (Å²) in [4.78, 5) is 11.1. The third kappa shape index (κ3) is 2.16. The number of rotatable bonds is 3. The van der Waals surface area contributed by atoms with E-state index in [9.17, 15) is 13.2 Å². The van der Waals surface area contributed by atoms with Crippen LogP contribution in [-0.2, 0) is 16.4 Å². The minimum Gasteiger partial charge on any atom is -0.354 e. The molecular weight excluding hydrogens is 220 g/mol. The molecule has 8 heteroatoms. The summed E-state index contributed by atoms with van der Waals surface area (Å²) >= 11 is 0. The van der Waals surface area contributed by atoms with Gasteiger partial charge in [0, 0.05) is 7.05 Å². The highest BCUT2D eigenvalue weighted by Crippen LogP contribution is 2.16. The lowest BCUT2D eigenvalue weighted by atomic mass is 10.3. The number of nitrogens with one attached hydrogen (secondary N) is 2. The summed E-state index contributed by atoms with van der Waals surface area (Å²) in [7, 11) is -2.56. The summed E-state index contributed by atoms with van der Waals surface area (Å²) in [5.74, 6) is -0.588. The van der Waals surface area contributed by atoms with E-state index in [1.807, 2.05) is 0 Å². The Labute approximate surface area is 87.1 Å². The summed E-state index contributed by atoms with van der Waals surface area (Å²) in [6.45, 7) is 1.73. The van der Waals surface area contributed by atoms with Crippen LogP contribution in [0, 0.1) is 0 Å². The van der Waals surface area contributed by atoms with E-state index in [4.69, 9.17) is 5.14 Å². The van der Waals surface area contributed by atoms with Crippen LogP contribution in [0.4, 0.5) is 0 Å². The Morgan fingerprint density at radius 1 is 1.60 bits per heavy atom. The van der Waals surface area contributed by atoms with E-state index in [1.165, 1.54) is 7.05 Å². The van der Waals surface area contributed by atoms with Crippen LogP contribution in [0.3, 0.4) is 0 Å². The van der Waals surface area contributed by atoms with Crippen LogP contribution < -0.4 is 10.5 Å². The molecule has 0 aliphatic carbocycles. The number of nitrogens with two attached hydrogens (primary N) is 1. The number of sulfonamides is 1. The van der Waals surface area contributed by atoms with E-state index in [2.05, 4.69) is 15.5 Å². The molecule has 1 aromatic rings. The molecular formula is C7H12N4O3S. The fraction of sp³-hybridized carbons (Fsp3) is 0.429. The first-order chi connectivity index (χ1) is 6.91. The van der Waals surface area contributed by atoms with Gasteiger partial charge in [-0.3, -0.25) is 9.89 Å². The molecule has 0 fully saturated rings. The average Bonchev–Trinajstić information content (AvgIpc) is 2.59. The van der Waals surface area contributed by atoms with Crippen LogP contribution in [0.25, 0.3) is 0 Å². The normalized spacial score (nSPS) is 11.4. The van der Waals surface area contributed by atoms with Crippen LogP contribution in [0.2, 0.25) is 0 Å². The molecule has 0 saturated carbocycles. The van der Waals surface area contributed by atoms with Crippen molar-refractivity contribution in [1.29, 1.82) is 0 Å². The molecule has 0 aliphatic rings. The monoisotopic (exact) mass is 232 g/mol. The molecule has 0 atom stereocenters. The largest absolute Gasteiger partial charge is 0.354 e. The zero-order valence-electron chi connectivity index (χ0n) is 8.36. The lowest BCUT2D eigenvalue weighted by Crippen LogP contribution is -2.23. The average molecular weight is 232 g/mol. The molecule has 0 radical (unpaired) electrons. The molecule has 84 valence electrons. The first kappa shape index (κ1) is 11.7. The summed E-state index contributed by atoms with van der Waals surface area (Å²) in [6.07, 6.45) is 0.399. The predicted octanol–water partition coefficient (Wildman–Crippen LogP) is -1.02. The van der Waals surface area contributed by atoms with Crippen molar-refractivity contribution < 1.29 is 13.2 Å². The molecule has 1 heterocycles. The van der Waals surface area contributed by atoms with Gasteiger partial charge in [-0.15, -0.1) is 0 Å². The molecule has 15 heavy (non-hydrogen) atoms. The standard InChI is InChI=1S/C7H12N4O3S/c1-3-4-6(15(8,13)14)5(11-10-4)7(12)9-2/h3H2,1-2H3,(H,9,12)(H,10,11)(H2,8,13,14). The number of nitrogens with zero attached hydrogens (tertiary/aromatic N) is 1. The zero-order chi connectivity index (χ0) is 11.6. The first-order valence-corrected chi connectivity index (χ1v) is 5.78. The van der Waals surface area contributed by atoms with Gasteiger partial charge in [0.1, 0.15) is 4.90 Å². The van der Waals surface area contributed by atoms with Crippen molar-refractivity contribution in [3.05, 3.63) is 11.4 Å². The summed E-state index contributed by atoms with van der Waals surface area (Å²) in [6, 6.07) is 0. The molecule has 0 bridgehead atoms. The maximum absolute atomic E-state index is 11.3. The molecule has 1 rings (SSSR count). The first-order valence-electron chi connectivity index (χ1n) is 4.24. The molecule has 0 aromatic carbocycles. The molecule has 0 unspecified atom stereocenters. The number of carbonyl (C=O) groups excluding carboxylic acids is 1. The number of carbonyl (C=O) groups is 1. The van der Waals surface area contributed by atoms with E-state index in [1.54, 1.807) is 6.92 Å². The third-order valence-corrected chi connectivity index (χ3v) is 2.88. The van der Waals surface area contributed by atoms with Gasteiger partial charge in [0.25, 0.3) is 5.91 Å². The highest BCUT2D eigenvalue weighted by atomic mass is 32.2. The van der Waals surface area contributed by atoms with Crippen molar-refractivity contribution in [3.63, 3.8) is 0 Å². The van der Waals surface area contributed by atoms with Gasteiger partial charge in [0.2, 0.25) is 10.0 Å². The van der Waals surface area contributed by atoms with Gasteiger partial charge in [0.05, 0.1) is 5.69 Å². The van der Waals surface area contributed by atoms with E-state index in [0.717, 1.165) is 0 Å². The minimum absolute atomic E-state index is 0.197. The van der Waals surface area contributed by atoms with Gasteiger partial charge in [-0.05, 0) is 6.42 Å². The number of aromatic nitrogens is 2. The SMILES string of the molecule is CCc1[nH]nc(C(=O)NC)c1S(N)(=O)=O. The molecule has 7 nitrogen and oxygen atoms in total. The highest BCUT2D eigenvalue weighted by Gasteiger charge is 2.25. The van der Waals surface area contributed by atoms with Crippen molar-refractivity contribution in [2.24, 2.45) is 5.14 Å². The van der Waals surface area contributed by atoms with Gasteiger partial charge >= 0.3 is 0 Å². The minimum atomic E-state index is -3.94. The molecule has 0 spiro atoms. The summed E-state index contributed by atoms with van der Waals surface area (Å²) in [5, 5.41) is 13.4. The van der Waals surface area contributed by atoms with Crippen LogP contribution >= 0.6 is 0 Å². The quantitative estimate of drug-likeness (QED) is 0.618. The lowest BCUT2D eigenvalue weighted by Gasteiger charge is -2.00. The van der Waals surface area contributed by atoms with Gasteiger partial charge in [0.15, 0.2) is 5.69 Å². The van der Waals surface area contributed by atoms with Crippen molar-refractivity contribution in [1.82, 2.24) is 15.5 Å². The van der Waals surface area contributed by atoms with Crippen LogP contribution in [0.5, 0.6) is 0 Å². The lowest BCUT2D eigenvalue weighted by molar-refractivity contribution is 0.0955. The maximum Gasteiger partial charge on any atom is 0.272 e. The van der Waals surface area contributed by atoms with E-state index >= 15 is 0 Å². The Kier molecular flexibility index (Phi) is 3.10. The van der Waals surface area contributed by atoms with Crippen LogP contribution in [0.1, 0.15) is 23.1 Å². The second-order valence-electron chi connectivity index (χ2n) is 2.86. The predicted molar refractivity (Wildman–Crippen MR) is 52.7 cm³/mol. The smallest absolute Gasteiger partial charge is 0.272 e. The molecule has 1 amide bonds. The highest BCUT2D eigenvalue weighted by molar-refractivity contribution is 7.89. The fourth-order valence-electron chi connectivity index (χ4n) is 1.19. The van der Waals surface area contributed by atoms with Gasteiger partial charge in [-0.2, -0.15) is 5.10 Å². The Bertz CT molecular complexity index is 476. The Morgan fingerprint density at radius 2 is 2.20 bits per heavy atom. The number of aryl methyl sites for hydroxylation is 1. The topological polar surface area (TPSA) is 118 Å².